The van der Waals surface area contributed by atoms with Gasteiger partial charge in [-0.25, -0.2) is 9.89 Å². The largest absolute Gasteiger partial charge is 0.435 e. The third-order valence-electron chi connectivity index (χ3n) is 2.33. The first-order valence-electron chi connectivity index (χ1n) is 5.34. The van der Waals surface area contributed by atoms with E-state index in [-0.39, 0.29) is 11.4 Å². The molecule has 2 aromatic rings. The van der Waals surface area contributed by atoms with Crippen molar-refractivity contribution in [3.63, 3.8) is 0 Å². The molecule has 1 aromatic heterocycles. The Kier molecular flexibility index (Phi) is 4.20. The highest BCUT2D eigenvalue weighted by molar-refractivity contribution is 7.98. The number of nitrogens with one attached hydrogen (secondary N) is 1. The number of ether oxygens (including phenoxy) is 1. The first-order valence-corrected chi connectivity index (χ1v) is 6.33. The zero-order valence-electron chi connectivity index (χ0n) is 9.97. The normalized spacial score (nSPS) is 10.9. The first-order chi connectivity index (χ1) is 9.06. The Morgan fingerprint density at radius 1 is 1.53 bits per heavy atom. The Labute approximate surface area is 111 Å². The number of aromatic amines is 1. The molecule has 0 aliphatic carbocycles. The molecule has 19 heavy (non-hydrogen) atoms. The highest BCUT2D eigenvalue weighted by Gasteiger charge is 2.07. The molecule has 0 aliphatic rings. The lowest BCUT2D eigenvalue weighted by Gasteiger charge is -2.06. The molecule has 1 aromatic carbocycles. The summed E-state index contributed by atoms with van der Waals surface area (Å²) < 4.78 is 29.9. The number of halogens is 2. The van der Waals surface area contributed by atoms with Crippen LogP contribution in [0.3, 0.4) is 0 Å². The maximum Gasteiger partial charge on any atom is 0.387 e. The van der Waals surface area contributed by atoms with E-state index >= 15 is 0 Å². The van der Waals surface area contributed by atoms with Crippen LogP contribution < -0.4 is 10.4 Å². The molecule has 0 aliphatic heterocycles. The molecule has 0 saturated carbocycles. The topological polar surface area (TPSA) is 59.9 Å². The van der Waals surface area contributed by atoms with Crippen molar-refractivity contribution in [1.82, 2.24) is 14.8 Å². The molecule has 8 heteroatoms. The number of alkyl halides is 2. The molecule has 0 saturated heterocycles. The lowest BCUT2D eigenvalue weighted by atomic mass is 10.2. The van der Waals surface area contributed by atoms with Gasteiger partial charge in [0.2, 0.25) is 0 Å². The number of thioether (sulfide) groups is 1. The second-order valence-corrected chi connectivity index (χ2v) is 4.63. The van der Waals surface area contributed by atoms with Crippen molar-refractivity contribution in [2.75, 3.05) is 0 Å². The molecule has 0 fully saturated rings. The van der Waals surface area contributed by atoms with E-state index in [4.69, 9.17) is 0 Å². The van der Waals surface area contributed by atoms with E-state index in [1.807, 2.05) is 0 Å². The van der Waals surface area contributed by atoms with Gasteiger partial charge in [0.1, 0.15) is 5.75 Å². The fourth-order valence-electron chi connectivity index (χ4n) is 1.42. The maximum atomic E-state index is 12.1. The van der Waals surface area contributed by atoms with E-state index < -0.39 is 6.61 Å². The highest BCUT2D eigenvalue weighted by atomic mass is 32.2. The van der Waals surface area contributed by atoms with Gasteiger partial charge in [0.25, 0.3) is 0 Å². The van der Waals surface area contributed by atoms with Crippen LogP contribution in [-0.4, -0.2) is 21.4 Å². The molecule has 0 spiro atoms. The Morgan fingerprint density at radius 3 is 2.95 bits per heavy atom. The van der Waals surface area contributed by atoms with Crippen LogP contribution in [0.15, 0.2) is 34.2 Å². The second-order valence-electron chi connectivity index (χ2n) is 3.68. The molecular weight excluding hydrogens is 276 g/mol. The summed E-state index contributed by atoms with van der Waals surface area (Å²) in [5, 5.41) is 6.69. The number of H-pyrrole nitrogens is 1. The average Bonchev–Trinajstić information content (AvgIpc) is 2.67. The monoisotopic (exact) mass is 287 g/mol. The predicted octanol–water partition coefficient (Wildman–Crippen LogP) is 2.00. The smallest absolute Gasteiger partial charge is 0.387 e. The SMILES string of the molecule is Cn1c(SCc2cccc(OC(F)F)c2)n[nH]c1=O. The number of benzene rings is 1. The van der Waals surface area contributed by atoms with Crippen molar-refractivity contribution < 1.29 is 13.5 Å². The Bertz CT molecular complexity index is 612. The Morgan fingerprint density at radius 2 is 2.32 bits per heavy atom. The summed E-state index contributed by atoms with van der Waals surface area (Å²) in [7, 11) is 1.60. The van der Waals surface area contributed by atoms with Gasteiger partial charge in [0.05, 0.1) is 0 Å². The van der Waals surface area contributed by atoms with Gasteiger partial charge in [-0.05, 0) is 17.7 Å². The van der Waals surface area contributed by atoms with Gasteiger partial charge < -0.3 is 4.74 Å². The number of rotatable bonds is 5. The summed E-state index contributed by atoms with van der Waals surface area (Å²) in [6.07, 6.45) is 0. The molecule has 0 bridgehead atoms. The molecular formula is C11H11F2N3O2S. The molecule has 0 amide bonds. The van der Waals surface area contributed by atoms with Crippen LogP contribution in [0.5, 0.6) is 5.75 Å². The second kappa shape index (κ2) is 5.87. The molecule has 0 unspecified atom stereocenters. The fourth-order valence-corrected chi connectivity index (χ4v) is 2.28. The van der Waals surface area contributed by atoms with Gasteiger partial charge in [-0.2, -0.15) is 8.78 Å². The van der Waals surface area contributed by atoms with Crippen LogP contribution in [0, 0.1) is 0 Å². The number of hydrogen-bond acceptors (Lipinski definition) is 4. The van der Waals surface area contributed by atoms with Gasteiger partial charge in [0, 0.05) is 12.8 Å². The van der Waals surface area contributed by atoms with Gasteiger partial charge in [-0.3, -0.25) is 4.57 Å². The highest BCUT2D eigenvalue weighted by Crippen LogP contribution is 2.22. The number of hydrogen-bond donors (Lipinski definition) is 1. The molecule has 1 heterocycles. The Hall–Kier alpha value is -1.83. The van der Waals surface area contributed by atoms with Crippen molar-refractivity contribution in [3.8, 4) is 5.75 Å². The van der Waals surface area contributed by atoms with Crippen molar-refractivity contribution in [3.05, 3.63) is 40.3 Å². The van der Waals surface area contributed by atoms with Crippen LogP contribution >= 0.6 is 11.8 Å². The third kappa shape index (κ3) is 3.57. The van der Waals surface area contributed by atoms with E-state index in [0.717, 1.165) is 5.56 Å². The average molecular weight is 287 g/mol. The molecule has 102 valence electrons. The van der Waals surface area contributed by atoms with E-state index in [0.29, 0.717) is 10.9 Å². The molecule has 1 N–H and O–H groups in total. The van der Waals surface area contributed by atoms with E-state index in [1.54, 1.807) is 19.2 Å². The van der Waals surface area contributed by atoms with E-state index in [2.05, 4.69) is 14.9 Å². The minimum Gasteiger partial charge on any atom is -0.435 e. The van der Waals surface area contributed by atoms with Crippen molar-refractivity contribution in [2.24, 2.45) is 7.05 Å². The van der Waals surface area contributed by atoms with Crippen LogP contribution in [0.2, 0.25) is 0 Å². The summed E-state index contributed by atoms with van der Waals surface area (Å²) in [5.74, 6) is 0.613. The van der Waals surface area contributed by atoms with Gasteiger partial charge >= 0.3 is 12.3 Å². The van der Waals surface area contributed by atoms with Crippen LogP contribution in [-0.2, 0) is 12.8 Å². The molecule has 0 atom stereocenters. The molecule has 5 nitrogen and oxygen atoms in total. The van der Waals surface area contributed by atoms with Crippen LogP contribution in [0.1, 0.15) is 5.56 Å². The van der Waals surface area contributed by atoms with Crippen LogP contribution in [0.4, 0.5) is 8.78 Å². The molecule has 0 radical (unpaired) electrons. The van der Waals surface area contributed by atoms with E-state index in [9.17, 15) is 13.6 Å². The first kappa shape index (κ1) is 13.6. The minimum absolute atomic E-state index is 0.115. The summed E-state index contributed by atoms with van der Waals surface area (Å²) >= 11 is 1.33. The standard InChI is InChI=1S/C11H11F2N3O2S/c1-16-10(17)14-15-11(16)19-6-7-3-2-4-8(5-7)18-9(12)13/h2-5,9H,6H2,1H3,(H,14,17). The number of aromatic nitrogens is 3. The van der Waals surface area contributed by atoms with Gasteiger partial charge in [-0.15, -0.1) is 5.10 Å². The predicted molar refractivity (Wildman–Crippen MR) is 66.5 cm³/mol. The quantitative estimate of drug-likeness (QED) is 0.855. The number of nitrogens with zero attached hydrogens (tertiary/aromatic N) is 2. The molecule has 2 rings (SSSR count). The Balaban J connectivity index is 2.03. The summed E-state index contributed by atoms with van der Waals surface area (Å²) in [5.41, 5.74) is 0.510. The maximum absolute atomic E-state index is 12.1. The summed E-state index contributed by atoms with van der Waals surface area (Å²) in [4.78, 5) is 11.2. The van der Waals surface area contributed by atoms with Crippen molar-refractivity contribution >= 4 is 11.8 Å². The summed E-state index contributed by atoms with van der Waals surface area (Å²) in [6.45, 7) is -2.84. The van der Waals surface area contributed by atoms with E-state index in [1.165, 1.54) is 28.5 Å². The zero-order chi connectivity index (χ0) is 13.8. The summed E-state index contributed by atoms with van der Waals surface area (Å²) in [6, 6.07) is 6.42. The van der Waals surface area contributed by atoms with Crippen molar-refractivity contribution in [1.29, 1.82) is 0 Å². The van der Waals surface area contributed by atoms with Gasteiger partial charge in [0.15, 0.2) is 5.16 Å². The third-order valence-corrected chi connectivity index (χ3v) is 3.43. The zero-order valence-corrected chi connectivity index (χ0v) is 10.8. The fraction of sp³-hybridized carbons (Fsp3) is 0.273. The van der Waals surface area contributed by atoms with Crippen LogP contribution in [0.25, 0.3) is 0 Å². The van der Waals surface area contributed by atoms with Crippen molar-refractivity contribution in [2.45, 2.75) is 17.5 Å². The lowest BCUT2D eigenvalue weighted by molar-refractivity contribution is -0.0498. The minimum atomic E-state index is -2.84. The lowest BCUT2D eigenvalue weighted by Crippen LogP contribution is -2.12. The van der Waals surface area contributed by atoms with Gasteiger partial charge in [-0.1, -0.05) is 23.9 Å².